The van der Waals surface area contributed by atoms with Crippen LogP contribution in [0.3, 0.4) is 0 Å². The van der Waals surface area contributed by atoms with Crippen molar-refractivity contribution in [3.05, 3.63) is 44.3 Å². The number of rotatable bonds is 4. The van der Waals surface area contributed by atoms with Crippen molar-refractivity contribution in [1.29, 1.82) is 0 Å². The van der Waals surface area contributed by atoms with E-state index in [9.17, 15) is 0 Å². The van der Waals surface area contributed by atoms with E-state index in [1.165, 1.54) is 0 Å². The molecule has 1 atom stereocenters. The largest absolute Gasteiger partial charge is 0.368 e. The first-order chi connectivity index (χ1) is 8.97. The molecule has 0 aliphatic heterocycles. The van der Waals surface area contributed by atoms with Gasteiger partial charge in [-0.1, -0.05) is 6.07 Å². The lowest BCUT2D eigenvalue weighted by Crippen LogP contribution is -2.17. The highest BCUT2D eigenvalue weighted by atomic mass is 79.9. The van der Waals surface area contributed by atoms with E-state index >= 15 is 0 Å². The van der Waals surface area contributed by atoms with Crippen molar-refractivity contribution in [3.8, 4) is 0 Å². The molecule has 0 saturated carbocycles. The first-order valence-electron chi connectivity index (χ1n) is 6.14. The van der Waals surface area contributed by atoms with Crippen LogP contribution in [0.4, 0.5) is 5.69 Å². The average molecular weight is 340 g/mol. The Morgan fingerprint density at radius 1 is 1.47 bits per heavy atom. The highest BCUT2D eigenvalue weighted by molar-refractivity contribution is 9.10. The second-order valence-corrected chi connectivity index (χ2v) is 6.63. The molecule has 0 saturated heterocycles. The van der Waals surface area contributed by atoms with Crippen molar-refractivity contribution in [3.63, 3.8) is 0 Å². The minimum atomic E-state index is 0.0526. The number of nitrogens with two attached hydrogens (primary N) is 1. The molecular formula is C14H18BrN3S. The smallest absolute Gasteiger partial charge is 0.0898 e. The number of aromatic nitrogens is 1. The molecule has 1 aromatic carbocycles. The molecule has 0 aliphatic carbocycles. The predicted molar refractivity (Wildman–Crippen MR) is 85.7 cm³/mol. The van der Waals surface area contributed by atoms with Crippen LogP contribution in [-0.4, -0.2) is 12.0 Å². The highest BCUT2D eigenvalue weighted by Gasteiger charge is 2.10. The van der Waals surface area contributed by atoms with Gasteiger partial charge in [-0.25, -0.2) is 4.98 Å². The van der Waals surface area contributed by atoms with Gasteiger partial charge in [-0.2, -0.15) is 0 Å². The predicted octanol–water partition coefficient (Wildman–Crippen LogP) is 3.87. The Labute approximate surface area is 126 Å². The topological polar surface area (TPSA) is 42.2 Å². The van der Waals surface area contributed by atoms with Crippen molar-refractivity contribution >= 4 is 33.0 Å². The summed E-state index contributed by atoms with van der Waals surface area (Å²) in [7, 11) is 2.07. The number of halogens is 1. The van der Waals surface area contributed by atoms with Crippen molar-refractivity contribution in [2.24, 2.45) is 5.73 Å². The van der Waals surface area contributed by atoms with Gasteiger partial charge in [0.1, 0.15) is 0 Å². The summed E-state index contributed by atoms with van der Waals surface area (Å²) in [6.45, 7) is 4.82. The van der Waals surface area contributed by atoms with E-state index < -0.39 is 0 Å². The molecule has 0 aliphatic rings. The summed E-state index contributed by atoms with van der Waals surface area (Å²) in [4.78, 5) is 6.68. The molecule has 3 nitrogen and oxygen atoms in total. The van der Waals surface area contributed by atoms with Gasteiger partial charge < -0.3 is 10.6 Å². The summed E-state index contributed by atoms with van der Waals surface area (Å²) in [5.41, 5.74) is 9.28. The summed E-state index contributed by atoms with van der Waals surface area (Å²) in [6, 6.07) is 6.31. The molecule has 0 radical (unpaired) electrons. The number of nitrogens with zero attached hydrogens (tertiary/aromatic N) is 2. The van der Waals surface area contributed by atoms with E-state index in [4.69, 9.17) is 5.73 Å². The molecule has 0 amide bonds. The number of benzene rings is 1. The monoisotopic (exact) mass is 339 g/mol. The lowest BCUT2D eigenvalue weighted by molar-refractivity contribution is 0.815. The third kappa shape index (κ3) is 3.55. The van der Waals surface area contributed by atoms with E-state index in [1.807, 2.05) is 13.8 Å². The minimum Gasteiger partial charge on any atom is -0.368 e. The third-order valence-electron chi connectivity index (χ3n) is 2.97. The molecule has 0 spiro atoms. The maximum Gasteiger partial charge on any atom is 0.0898 e. The van der Waals surface area contributed by atoms with Crippen LogP contribution in [0, 0.1) is 6.92 Å². The van der Waals surface area contributed by atoms with E-state index in [0.29, 0.717) is 0 Å². The second-order valence-electron chi connectivity index (χ2n) is 4.71. The van der Waals surface area contributed by atoms with Crippen LogP contribution in [0.5, 0.6) is 0 Å². The summed E-state index contributed by atoms with van der Waals surface area (Å²) in [5.74, 6) is 0. The highest BCUT2D eigenvalue weighted by Crippen LogP contribution is 2.29. The fourth-order valence-corrected chi connectivity index (χ4v) is 3.23. The normalized spacial score (nSPS) is 12.5. The van der Waals surface area contributed by atoms with Crippen molar-refractivity contribution in [1.82, 2.24) is 4.98 Å². The quantitative estimate of drug-likeness (QED) is 0.919. The van der Waals surface area contributed by atoms with Crippen LogP contribution in [-0.2, 0) is 6.54 Å². The van der Waals surface area contributed by atoms with Gasteiger partial charge in [0.25, 0.3) is 0 Å². The lowest BCUT2D eigenvalue weighted by atomic mass is 10.1. The Morgan fingerprint density at radius 2 is 2.21 bits per heavy atom. The van der Waals surface area contributed by atoms with Crippen LogP contribution < -0.4 is 10.6 Å². The Bertz CT molecular complexity index is 566. The standard InChI is InChI=1S/C14H18BrN3S/c1-9(16)11-4-5-14(13(15)6-11)18(3)7-12-8-19-10(2)17-12/h4-6,8-9H,7,16H2,1-3H3/t9-/m0/s1. The van der Waals surface area contributed by atoms with Gasteiger partial charge in [0.2, 0.25) is 0 Å². The molecule has 0 fully saturated rings. The molecule has 5 heteroatoms. The van der Waals surface area contributed by atoms with Crippen molar-refractivity contribution in [2.75, 3.05) is 11.9 Å². The zero-order chi connectivity index (χ0) is 14.0. The number of aryl methyl sites for hydroxylation is 1. The zero-order valence-electron chi connectivity index (χ0n) is 11.4. The van der Waals surface area contributed by atoms with Crippen LogP contribution in [0.2, 0.25) is 0 Å². The van der Waals surface area contributed by atoms with E-state index in [0.717, 1.165) is 33.0 Å². The lowest BCUT2D eigenvalue weighted by Gasteiger charge is -2.20. The van der Waals surface area contributed by atoms with Gasteiger partial charge in [-0.15, -0.1) is 11.3 Å². The average Bonchev–Trinajstić information content (AvgIpc) is 2.74. The van der Waals surface area contributed by atoms with Crippen LogP contribution in [0.1, 0.15) is 29.2 Å². The molecule has 2 aromatic rings. The van der Waals surface area contributed by atoms with Crippen molar-refractivity contribution in [2.45, 2.75) is 26.4 Å². The molecular weight excluding hydrogens is 322 g/mol. The van der Waals surface area contributed by atoms with Gasteiger partial charge in [-0.05, 0) is 47.5 Å². The van der Waals surface area contributed by atoms with E-state index in [2.05, 4.69) is 56.4 Å². The maximum atomic E-state index is 5.89. The van der Waals surface area contributed by atoms with Crippen molar-refractivity contribution < 1.29 is 0 Å². The fourth-order valence-electron chi connectivity index (χ4n) is 1.92. The molecule has 1 heterocycles. The summed E-state index contributed by atoms with van der Waals surface area (Å²) >= 11 is 5.31. The minimum absolute atomic E-state index is 0.0526. The molecule has 2 N–H and O–H groups in total. The van der Waals surface area contributed by atoms with Gasteiger partial charge in [0.05, 0.1) is 22.9 Å². The Kier molecular flexibility index (Phi) is 4.60. The first kappa shape index (κ1) is 14.5. The SMILES string of the molecule is Cc1nc(CN(C)c2ccc([C@H](C)N)cc2Br)cs1. The number of hydrogen-bond acceptors (Lipinski definition) is 4. The van der Waals surface area contributed by atoms with Crippen LogP contribution in [0.15, 0.2) is 28.1 Å². The summed E-state index contributed by atoms with van der Waals surface area (Å²) < 4.78 is 1.07. The molecule has 1 aromatic heterocycles. The molecule has 102 valence electrons. The first-order valence-corrected chi connectivity index (χ1v) is 7.82. The maximum absolute atomic E-state index is 5.89. The van der Waals surface area contributed by atoms with Gasteiger partial charge in [-0.3, -0.25) is 0 Å². The van der Waals surface area contributed by atoms with Crippen LogP contribution in [0.25, 0.3) is 0 Å². The third-order valence-corrected chi connectivity index (χ3v) is 4.43. The van der Waals surface area contributed by atoms with Crippen LogP contribution >= 0.6 is 27.3 Å². The summed E-state index contributed by atoms with van der Waals surface area (Å²) in [5, 5.41) is 3.21. The second kappa shape index (κ2) is 6.03. The van der Waals surface area contributed by atoms with E-state index in [1.54, 1.807) is 11.3 Å². The Balaban J connectivity index is 2.17. The Hall–Kier alpha value is -0.910. The molecule has 19 heavy (non-hydrogen) atoms. The Morgan fingerprint density at radius 3 is 2.74 bits per heavy atom. The number of anilines is 1. The van der Waals surface area contributed by atoms with Gasteiger partial charge in [0.15, 0.2) is 0 Å². The zero-order valence-corrected chi connectivity index (χ0v) is 13.8. The van der Waals surface area contributed by atoms with Gasteiger partial charge >= 0.3 is 0 Å². The van der Waals surface area contributed by atoms with Gasteiger partial charge in [0, 0.05) is 22.9 Å². The number of hydrogen-bond donors (Lipinski definition) is 1. The number of thiazole rings is 1. The van der Waals surface area contributed by atoms with E-state index in [-0.39, 0.29) is 6.04 Å². The summed E-state index contributed by atoms with van der Waals surface area (Å²) in [6.07, 6.45) is 0. The molecule has 2 rings (SSSR count). The molecule has 0 bridgehead atoms. The fraction of sp³-hybridized carbons (Fsp3) is 0.357. The molecule has 0 unspecified atom stereocenters.